The Morgan fingerprint density at radius 1 is 1.47 bits per heavy atom. The van der Waals surface area contributed by atoms with Gasteiger partial charge in [0, 0.05) is 26.7 Å². The summed E-state index contributed by atoms with van der Waals surface area (Å²) in [6, 6.07) is 8.27. The van der Waals surface area contributed by atoms with Crippen LogP contribution in [0.1, 0.15) is 37.3 Å². The van der Waals surface area contributed by atoms with Crippen LogP contribution in [0.3, 0.4) is 0 Å². The van der Waals surface area contributed by atoms with Crippen molar-refractivity contribution in [1.29, 1.82) is 0 Å². The standard InChI is InChI=1S/C16H24N2O/c1-4-12(2)11-18(3)16(19)15-10-17-9-13-7-5-6-8-14(13)15/h5-8,12,15,17H,4,9-11H2,1-3H3. The summed E-state index contributed by atoms with van der Waals surface area (Å²) in [5.74, 6) is 0.764. The van der Waals surface area contributed by atoms with E-state index >= 15 is 0 Å². The van der Waals surface area contributed by atoms with Gasteiger partial charge in [-0.05, 0) is 17.0 Å². The van der Waals surface area contributed by atoms with Crippen LogP contribution in [0.2, 0.25) is 0 Å². The molecule has 0 radical (unpaired) electrons. The molecular formula is C16H24N2O. The average Bonchev–Trinajstić information content (AvgIpc) is 2.45. The van der Waals surface area contributed by atoms with Crippen molar-refractivity contribution < 1.29 is 4.79 Å². The predicted octanol–water partition coefficient (Wildman–Crippen LogP) is 2.38. The Bertz CT molecular complexity index is 444. The van der Waals surface area contributed by atoms with Crippen molar-refractivity contribution in [2.45, 2.75) is 32.7 Å². The fraction of sp³-hybridized carbons (Fsp3) is 0.562. The van der Waals surface area contributed by atoms with Crippen molar-refractivity contribution in [2.75, 3.05) is 20.1 Å². The normalized spacial score (nSPS) is 19.6. The zero-order valence-corrected chi connectivity index (χ0v) is 12.1. The Balaban J connectivity index is 2.12. The number of hydrogen-bond acceptors (Lipinski definition) is 2. The van der Waals surface area contributed by atoms with Crippen molar-refractivity contribution in [3.63, 3.8) is 0 Å². The third-order valence-corrected chi connectivity index (χ3v) is 4.05. The number of amides is 1. The van der Waals surface area contributed by atoms with Gasteiger partial charge >= 0.3 is 0 Å². The second kappa shape index (κ2) is 6.20. The van der Waals surface area contributed by atoms with Crippen molar-refractivity contribution >= 4 is 5.91 Å². The van der Waals surface area contributed by atoms with Crippen molar-refractivity contribution in [3.8, 4) is 0 Å². The zero-order chi connectivity index (χ0) is 13.8. The second-order valence-corrected chi connectivity index (χ2v) is 5.61. The molecule has 0 spiro atoms. The van der Waals surface area contributed by atoms with Crippen LogP contribution in [0.15, 0.2) is 24.3 Å². The summed E-state index contributed by atoms with van der Waals surface area (Å²) >= 11 is 0. The fourth-order valence-corrected chi connectivity index (χ4v) is 2.67. The smallest absolute Gasteiger partial charge is 0.231 e. The van der Waals surface area contributed by atoms with E-state index in [0.717, 1.165) is 26.1 Å². The molecule has 19 heavy (non-hydrogen) atoms. The van der Waals surface area contributed by atoms with E-state index in [-0.39, 0.29) is 11.8 Å². The van der Waals surface area contributed by atoms with Gasteiger partial charge in [-0.2, -0.15) is 0 Å². The van der Waals surface area contributed by atoms with E-state index in [4.69, 9.17) is 0 Å². The van der Waals surface area contributed by atoms with Crippen LogP contribution in [0.5, 0.6) is 0 Å². The number of carbonyl (C=O) groups excluding carboxylic acids is 1. The molecule has 1 N–H and O–H groups in total. The Morgan fingerprint density at radius 2 is 2.21 bits per heavy atom. The molecule has 0 aliphatic carbocycles. The molecule has 1 heterocycles. The molecule has 2 unspecified atom stereocenters. The summed E-state index contributed by atoms with van der Waals surface area (Å²) in [5, 5.41) is 3.35. The molecule has 1 amide bonds. The Kier molecular flexibility index (Phi) is 4.59. The highest BCUT2D eigenvalue weighted by atomic mass is 16.2. The molecule has 104 valence electrons. The highest BCUT2D eigenvalue weighted by Crippen LogP contribution is 2.25. The maximum absolute atomic E-state index is 12.6. The minimum absolute atomic E-state index is 0.0287. The number of benzene rings is 1. The second-order valence-electron chi connectivity index (χ2n) is 5.61. The first-order valence-electron chi connectivity index (χ1n) is 7.17. The van der Waals surface area contributed by atoms with Crippen LogP contribution in [-0.2, 0) is 11.3 Å². The van der Waals surface area contributed by atoms with Crippen LogP contribution in [0, 0.1) is 5.92 Å². The SMILES string of the molecule is CCC(C)CN(C)C(=O)C1CNCc2ccccc21. The van der Waals surface area contributed by atoms with Gasteiger partial charge in [-0.25, -0.2) is 0 Å². The van der Waals surface area contributed by atoms with Crippen molar-refractivity contribution in [2.24, 2.45) is 5.92 Å². The molecule has 2 rings (SSSR count). The number of rotatable bonds is 4. The van der Waals surface area contributed by atoms with E-state index in [0.29, 0.717) is 5.92 Å². The number of fused-ring (bicyclic) bond motifs is 1. The molecule has 3 nitrogen and oxygen atoms in total. The van der Waals surface area contributed by atoms with Gasteiger partial charge in [-0.15, -0.1) is 0 Å². The largest absolute Gasteiger partial charge is 0.345 e. The first-order valence-corrected chi connectivity index (χ1v) is 7.17. The lowest BCUT2D eigenvalue weighted by Gasteiger charge is -2.30. The molecule has 0 fully saturated rings. The molecule has 3 heteroatoms. The van der Waals surface area contributed by atoms with Gasteiger partial charge in [0.25, 0.3) is 0 Å². The topological polar surface area (TPSA) is 32.3 Å². The van der Waals surface area contributed by atoms with Gasteiger partial charge in [0.2, 0.25) is 5.91 Å². The van der Waals surface area contributed by atoms with Crippen LogP contribution in [0.4, 0.5) is 0 Å². The Morgan fingerprint density at radius 3 is 2.95 bits per heavy atom. The van der Waals surface area contributed by atoms with Gasteiger partial charge in [0.05, 0.1) is 5.92 Å². The maximum atomic E-state index is 12.6. The van der Waals surface area contributed by atoms with Crippen LogP contribution >= 0.6 is 0 Å². The quantitative estimate of drug-likeness (QED) is 0.901. The summed E-state index contributed by atoms with van der Waals surface area (Å²) < 4.78 is 0. The van der Waals surface area contributed by atoms with E-state index in [1.807, 2.05) is 24.1 Å². The van der Waals surface area contributed by atoms with Crippen LogP contribution in [-0.4, -0.2) is 30.9 Å². The lowest BCUT2D eigenvalue weighted by molar-refractivity contribution is -0.132. The number of nitrogens with zero attached hydrogens (tertiary/aromatic N) is 1. The van der Waals surface area contributed by atoms with E-state index in [1.165, 1.54) is 11.1 Å². The van der Waals surface area contributed by atoms with Gasteiger partial charge in [-0.1, -0.05) is 44.5 Å². The minimum atomic E-state index is -0.0287. The van der Waals surface area contributed by atoms with E-state index in [2.05, 4.69) is 31.3 Å². The summed E-state index contributed by atoms with van der Waals surface area (Å²) in [6.45, 7) is 6.82. The molecule has 1 aromatic carbocycles. The summed E-state index contributed by atoms with van der Waals surface area (Å²) in [4.78, 5) is 14.5. The molecule has 0 aromatic heterocycles. The van der Waals surface area contributed by atoms with Crippen molar-refractivity contribution in [3.05, 3.63) is 35.4 Å². The highest BCUT2D eigenvalue weighted by molar-refractivity contribution is 5.84. The fourth-order valence-electron chi connectivity index (χ4n) is 2.67. The highest BCUT2D eigenvalue weighted by Gasteiger charge is 2.28. The number of nitrogens with one attached hydrogen (secondary N) is 1. The average molecular weight is 260 g/mol. The van der Waals surface area contributed by atoms with Crippen LogP contribution in [0.25, 0.3) is 0 Å². The summed E-state index contributed by atoms with van der Waals surface area (Å²) in [7, 11) is 1.92. The molecule has 0 bridgehead atoms. The summed E-state index contributed by atoms with van der Waals surface area (Å²) in [6.07, 6.45) is 1.11. The Labute approximate surface area is 116 Å². The number of carbonyl (C=O) groups is 1. The third-order valence-electron chi connectivity index (χ3n) is 4.05. The molecule has 2 atom stereocenters. The molecule has 1 aliphatic heterocycles. The van der Waals surface area contributed by atoms with Gasteiger partial charge in [-0.3, -0.25) is 4.79 Å². The molecule has 1 aromatic rings. The molecule has 0 saturated carbocycles. The lowest BCUT2D eigenvalue weighted by Crippen LogP contribution is -2.41. The monoisotopic (exact) mass is 260 g/mol. The maximum Gasteiger partial charge on any atom is 0.231 e. The van der Waals surface area contributed by atoms with Crippen LogP contribution < -0.4 is 5.32 Å². The van der Waals surface area contributed by atoms with Gasteiger partial charge in [0.1, 0.15) is 0 Å². The van der Waals surface area contributed by atoms with Crippen molar-refractivity contribution in [1.82, 2.24) is 10.2 Å². The first-order chi connectivity index (χ1) is 9.13. The molecule has 0 saturated heterocycles. The first kappa shape index (κ1) is 14.1. The zero-order valence-electron chi connectivity index (χ0n) is 12.1. The van der Waals surface area contributed by atoms with E-state index in [1.54, 1.807) is 0 Å². The number of likely N-dealkylation sites (N-methyl/N-ethyl adjacent to an activating group) is 1. The predicted molar refractivity (Wildman–Crippen MR) is 78.0 cm³/mol. The molecular weight excluding hydrogens is 236 g/mol. The Hall–Kier alpha value is -1.35. The summed E-state index contributed by atoms with van der Waals surface area (Å²) in [5.41, 5.74) is 2.45. The van der Waals surface area contributed by atoms with Gasteiger partial charge < -0.3 is 10.2 Å². The third kappa shape index (κ3) is 3.16. The van der Waals surface area contributed by atoms with E-state index < -0.39 is 0 Å². The number of hydrogen-bond donors (Lipinski definition) is 1. The lowest BCUT2D eigenvalue weighted by atomic mass is 9.89. The van der Waals surface area contributed by atoms with E-state index in [9.17, 15) is 4.79 Å². The minimum Gasteiger partial charge on any atom is -0.345 e. The molecule has 1 aliphatic rings. The van der Waals surface area contributed by atoms with Gasteiger partial charge in [0.15, 0.2) is 0 Å².